The Balaban J connectivity index is 1.78. The van der Waals surface area contributed by atoms with E-state index in [0.717, 1.165) is 36.4 Å². The predicted octanol–water partition coefficient (Wildman–Crippen LogP) is 2.62. The van der Waals surface area contributed by atoms with E-state index in [4.69, 9.17) is 5.73 Å². The van der Waals surface area contributed by atoms with Gasteiger partial charge in [0, 0.05) is 12.1 Å². The molecular weight excluding hydrogens is 208 g/mol. The fourth-order valence-electron chi connectivity index (χ4n) is 5.08. The third-order valence-corrected chi connectivity index (χ3v) is 5.96. The molecule has 2 nitrogen and oxygen atoms in total. The minimum absolute atomic E-state index is 0.826. The SMILES string of the molecule is CN1C2CCC1C(C1CCCCC1)C(CN)C2. The minimum Gasteiger partial charge on any atom is -0.330 e. The van der Waals surface area contributed by atoms with Crippen LogP contribution in [0.3, 0.4) is 0 Å². The van der Waals surface area contributed by atoms with Gasteiger partial charge in [0.25, 0.3) is 0 Å². The molecule has 0 aromatic rings. The van der Waals surface area contributed by atoms with Gasteiger partial charge in [0.2, 0.25) is 0 Å². The Morgan fingerprint density at radius 1 is 1.06 bits per heavy atom. The van der Waals surface area contributed by atoms with E-state index in [-0.39, 0.29) is 0 Å². The fourth-order valence-corrected chi connectivity index (χ4v) is 5.08. The zero-order valence-electron chi connectivity index (χ0n) is 11.3. The molecule has 2 bridgehead atoms. The van der Waals surface area contributed by atoms with Gasteiger partial charge in [-0.05, 0) is 50.6 Å². The van der Waals surface area contributed by atoms with Crippen LogP contribution in [0, 0.1) is 17.8 Å². The maximum atomic E-state index is 6.08. The van der Waals surface area contributed by atoms with Crippen molar-refractivity contribution in [2.45, 2.75) is 63.5 Å². The molecule has 2 aliphatic heterocycles. The van der Waals surface area contributed by atoms with Crippen LogP contribution >= 0.6 is 0 Å². The summed E-state index contributed by atoms with van der Waals surface area (Å²) < 4.78 is 0. The molecule has 0 aromatic heterocycles. The van der Waals surface area contributed by atoms with E-state index in [1.807, 2.05) is 0 Å². The Hall–Kier alpha value is -0.0800. The molecule has 1 aliphatic carbocycles. The van der Waals surface area contributed by atoms with Crippen molar-refractivity contribution in [3.05, 3.63) is 0 Å². The zero-order valence-corrected chi connectivity index (χ0v) is 11.3. The lowest BCUT2D eigenvalue weighted by molar-refractivity contribution is 0.0233. The van der Waals surface area contributed by atoms with Gasteiger partial charge in [-0.25, -0.2) is 0 Å². The minimum atomic E-state index is 0.826. The third kappa shape index (κ3) is 2.04. The van der Waals surface area contributed by atoms with Crippen LogP contribution in [0.5, 0.6) is 0 Å². The van der Waals surface area contributed by atoms with Gasteiger partial charge in [0.05, 0.1) is 0 Å². The molecule has 2 heterocycles. The fraction of sp³-hybridized carbons (Fsp3) is 1.00. The van der Waals surface area contributed by atoms with Gasteiger partial charge < -0.3 is 10.6 Å². The number of nitrogens with zero attached hydrogens (tertiary/aromatic N) is 1. The smallest absolute Gasteiger partial charge is 0.0130 e. The molecule has 0 spiro atoms. The topological polar surface area (TPSA) is 29.3 Å². The normalized spacial score (nSPS) is 44.1. The third-order valence-electron chi connectivity index (χ3n) is 5.96. The van der Waals surface area contributed by atoms with Crippen molar-refractivity contribution in [3.63, 3.8) is 0 Å². The maximum absolute atomic E-state index is 6.08. The number of hydrogen-bond donors (Lipinski definition) is 1. The molecular formula is C15H28N2. The van der Waals surface area contributed by atoms with E-state index in [1.54, 1.807) is 0 Å². The molecule has 3 rings (SSSR count). The Labute approximate surface area is 106 Å². The largest absolute Gasteiger partial charge is 0.330 e. The summed E-state index contributed by atoms with van der Waals surface area (Å²) in [7, 11) is 2.37. The van der Waals surface area contributed by atoms with E-state index in [0.29, 0.717) is 0 Å². The highest BCUT2D eigenvalue weighted by atomic mass is 15.2. The van der Waals surface area contributed by atoms with Crippen molar-refractivity contribution >= 4 is 0 Å². The molecule has 1 saturated carbocycles. The summed E-state index contributed by atoms with van der Waals surface area (Å²) in [4.78, 5) is 2.70. The average Bonchev–Trinajstić information content (AvgIpc) is 2.64. The van der Waals surface area contributed by atoms with Gasteiger partial charge in [0.15, 0.2) is 0 Å². The number of fused-ring (bicyclic) bond motifs is 2. The summed E-state index contributed by atoms with van der Waals surface area (Å²) in [5.74, 6) is 2.74. The highest BCUT2D eigenvalue weighted by molar-refractivity contribution is 5.01. The highest BCUT2D eigenvalue weighted by Gasteiger charge is 2.47. The average molecular weight is 236 g/mol. The van der Waals surface area contributed by atoms with Crippen molar-refractivity contribution < 1.29 is 0 Å². The zero-order chi connectivity index (χ0) is 11.8. The summed E-state index contributed by atoms with van der Waals surface area (Å²) in [6.45, 7) is 0.933. The molecule has 17 heavy (non-hydrogen) atoms. The maximum Gasteiger partial charge on any atom is 0.0130 e. The molecule has 2 N–H and O–H groups in total. The summed E-state index contributed by atoms with van der Waals surface area (Å²) in [5, 5.41) is 0. The van der Waals surface area contributed by atoms with Crippen LogP contribution in [0.25, 0.3) is 0 Å². The summed E-state index contributed by atoms with van der Waals surface area (Å²) in [5.41, 5.74) is 6.08. The molecule has 2 heteroatoms. The molecule has 0 radical (unpaired) electrons. The molecule has 2 saturated heterocycles. The van der Waals surface area contributed by atoms with Gasteiger partial charge >= 0.3 is 0 Å². The Morgan fingerprint density at radius 2 is 1.82 bits per heavy atom. The van der Waals surface area contributed by atoms with Gasteiger partial charge in [-0.1, -0.05) is 32.1 Å². The van der Waals surface area contributed by atoms with Crippen molar-refractivity contribution in [1.29, 1.82) is 0 Å². The first-order valence-corrected chi connectivity index (χ1v) is 7.73. The van der Waals surface area contributed by atoms with Crippen LogP contribution in [0.1, 0.15) is 51.4 Å². The Kier molecular flexibility index (Phi) is 3.45. The van der Waals surface area contributed by atoms with Crippen LogP contribution in [0.15, 0.2) is 0 Å². The summed E-state index contributed by atoms with van der Waals surface area (Å²) in [6, 6.07) is 1.72. The van der Waals surface area contributed by atoms with Crippen LogP contribution in [-0.4, -0.2) is 30.6 Å². The van der Waals surface area contributed by atoms with Crippen molar-refractivity contribution in [2.24, 2.45) is 23.5 Å². The molecule has 4 unspecified atom stereocenters. The monoisotopic (exact) mass is 236 g/mol. The number of hydrogen-bond acceptors (Lipinski definition) is 2. The van der Waals surface area contributed by atoms with Gasteiger partial charge in [-0.3, -0.25) is 0 Å². The molecule has 3 fully saturated rings. The Bertz CT molecular complexity index is 260. The van der Waals surface area contributed by atoms with E-state index in [1.165, 1.54) is 51.4 Å². The highest BCUT2D eigenvalue weighted by Crippen LogP contribution is 2.47. The predicted molar refractivity (Wildman–Crippen MR) is 71.8 cm³/mol. The van der Waals surface area contributed by atoms with E-state index >= 15 is 0 Å². The standard InChI is InChI=1S/C15H28N2/c1-17-13-7-8-14(17)15(12(9-13)10-16)11-5-3-2-4-6-11/h11-15H,2-10,16H2,1H3. The number of rotatable bonds is 2. The van der Waals surface area contributed by atoms with Crippen LogP contribution in [-0.2, 0) is 0 Å². The lowest BCUT2D eigenvalue weighted by atomic mass is 9.68. The first kappa shape index (κ1) is 12.0. The second-order valence-electron chi connectivity index (χ2n) is 6.67. The molecule has 3 aliphatic rings. The molecule has 98 valence electrons. The molecule has 4 atom stereocenters. The lowest BCUT2D eigenvalue weighted by Gasteiger charge is -2.47. The first-order chi connectivity index (χ1) is 8.31. The van der Waals surface area contributed by atoms with Crippen LogP contribution < -0.4 is 5.73 Å². The second-order valence-corrected chi connectivity index (χ2v) is 6.67. The molecule has 0 amide bonds. The summed E-state index contributed by atoms with van der Waals surface area (Å²) >= 11 is 0. The second kappa shape index (κ2) is 4.89. The van der Waals surface area contributed by atoms with Gasteiger partial charge in [0.1, 0.15) is 0 Å². The molecule has 0 aromatic carbocycles. The summed E-state index contributed by atoms with van der Waals surface area (Å²) in [6.07, 6.45) is 11.6. The van der Waals surface area contributed by atoms with Crippen molar-refractivity contribution in [2.75, 3.05) is 13.6 Å². The van der Waals surface area contributed by atoms with E-state index in [2.05, 4.69) is 11.9 Å². The van der Waals surface area contributed by atoms with Crippen LogP contribution in [0.2, 0.25) is 0 Å². The van der Waals surface area contributed by atoms with Crippen molar-refractivity contribution in [1.82, 2.24) is 4.90 Å². The van der Waals surface area contributed by atoms with Crippen LogP contribution in [0.4, 0.5) is 0 Å². The number of piperidine rings is 1. The Morgan fingerprint density at radius 3 is 2.53 bits per heavy atom. The van der Waals surface area contributed by atoms with E-state index < -0.39 is 0 Å². The number of nitrogens with two attached hydrogens (primary N) is 1. The quantitative estimate of drug-likeness (QED) is 0.798. The lowest BCUT2D eigenvalue weighted by Crippen LogP contribution is -2.51. The first-order valence-electron chi connectivity index (χ1n) is 7.73. The van der Waals surface area contributed by atoms with Crippen molar-refractivity contribution in [3.8, 4) is 0 Å². The van der Waals surface area contributed by atoms with Gasteiger partial charge in [-0.2, -0.15) is 0 Å². The van der Waals surface area contributed by atoms with Gasteiger partial charge in [-0.15, -0.1) is 0 Å². The van der Waals surface area contributed by atoms with E-state index in [9.17, 15) is 0 Å².